The lowest BCUT2D eigenvalue weighted by Crippen LogP contribution is -1.92. The third-order valence-electron chi connectivity index (χ3n) is 1.55. The molecule has 0 aliphatic carbocycles. The zero-order chi connectivity index (χ0) is 11.4. The fourth-order valence-electron chi connectivity index (χ4n) is 0.954. The Hall–Kier alpha value is -1.74. The molecule has 0 atom stereocenters. The van der Waals surface area contributed by atoms with E-state index in [-0.39, 0.29) is 11.3 Å². The van der Waals surface area contributed by atoms with Gasteiger partial charge in [-0.05, 0) is 6.07 Å². The van der Waals surface area contributed by atoms with E-state index in [2.05, 4.69) is 24.5 Å². The second-order valence-corrected chi connectivity index (χ2v) is 2.85. The van der Waals surface area contributed by atoms with E-state index in [1.54, 1.807) is 0 Å². The van der Waals surface area contributed by atoms with Crippen molar-refractivity contribution in [1.82, 2.24) is 0 Å². The van der Waals surface area contributed by atoms with Gasteiger partial charge in [0.2, 0.25) is 5.75 Å². The highest BCUT2D eigenvalue weighted by Crippen LogP contribution is 2.30. The highest BCUT2D eigenvalue weighted by Gasteiger charge is 2.18. The maximum Gasteiger partial charge on any atom is 0.314 e. The Balaban J connectivity index is 3.34. The van der Waals surface area contributed by atoms with Crippen molar-refractivity contribution < 1.29 is 14.4 Å². The largest absolute Gasteiger partial charge is 0.501 e. The first-order chi connectivity index (χ1) is 7.06. The second kappa shape index (κ2) is 4.66. The lowest BCUT2D eigenvalue weighted by molar-refractivity contribution is -0.386. The lowest BCUT2D eigenvalue weighted by Gasteiger charge is -1.98. The predicted octanol–water partition coefficient (Wildman–Crippen LogP) is 1.72. The molecule has 15 heavy (non-hydrogen) atoms. The zero-order valence-corrected chi connectivity index (χ0v) is 8.29. The molecule has 0 amide bonds. The third kappa shape index (κ3) is 2.60. The Kier molecular flexibility index (Phi) is 3.52. The molecule has 0 heterocycles. The number of halogens is 1. The molecule has 0 fully saturated rings. The average Bonchev–Trinajstić information content (AvgIpc) is 2.18. The summed E-state index contributed by atoms with van der Waals surface area (Å²) < 4.78 is 12.9. The number of benzene rings is 1. The van der Waals surface area contributed by atoms with Crippen molar-refractivity contribution in [3.8, 4) is 17.6 Å². The van der Waals surface area contributed by atoms with E-state index in [0.29, 0.717) is 6.07 Å². The van der Waals surface area contributed by atoms with Gasteiger partial charge >= 0.3 is 5.69 Å². The minimum Gasteiger partial charge on any atom is -0.501 e. The van der Waals surface area contributed by atoms with Gasteiger partial charge in [0, 0.05) is 0 Å². The minimum atomic E-state index is -0.871. The van der Waals surface area contributed by atoms with Crippen LogP contribution in [0.2, 0.25) is 0 Å². The van der Waals surface area contributed by atoms with Crippen LogP contribution in [0.3, 0.4) is 0 Å². The molecule has 1 aromatic carbocycles. The van der Waals surface area contributed by atoms with Crippen LogP contribution in [0.1, 0.15) is 5.56 Å². The van der Waals surface area contributed by atoms with Crippen molar-refractivity contribution >= 4 is 18.3 Å². The number of nitro benzene ring substituents is 1. The van der Waals surface area contributed by atoms with E-state index in [0.717, 1.165) is 6.07 Å². The van der Waals surface area contributed by atoms with Crippen LogP contribution < -0.4 is 0 Å². The molecule has 1 N–H and O–H groups in total. The van der Waals surface area contributed by atoms with Gasteiger partial charge in [-0.25, -0.2) is 4.39 Å². The maximum atomic E-state index is 12.9. The summed E-state index contributed by atoms with van der Waals surface area (Å²) in [6.45, 7) is 0. The summed E-state index contributed by atoms with van der Waals surface area (Å²) in [5.74, 6) is 3.61. The fourth-order valence-corrected chi connectivity index (χ4v) is 1.03. The Bertz CT molecular complexity index is 464. The molecule has 0 aliphatic rings. The second-order valence-electron chi connectivity index (χ2n) is 2.54. The first-order valence-corrected chi connectivity index (χ1v) is 4.46. The van der Waals surface area contributed by atoms with Gasteiger partial charge in [0.25, 0.3) is 0 Å². The van der Waals surface area contributed by atoms with Crippen molar-refractivity contribution in [1.29, 1.82) is 0 Å². The van der Waals surface area contributed by atoms with E-state index >= 15 is 0 Å². The van der Waals surface area contributed by atoms with Crippen LogP contribution in [-0.4, -0.2) is 15.8 Å². The highest BCUT2D eigenvalue weighted by molar-refractivity contribution is 7.80. The first kappa shape index (κ1) is 11.3. The summed E-state index contributed by atoms with van der Waals surface area (Å²) in [7, 11) is 0. The number of rotatable bonds is 1. The van der Waals surface area contributed by atoms with Crippen molar-refractivity contribution in [2.24, 2.45) is 0 Å². The quantitative estimate of drug-likeness (QED) is 0.332. The molecule has 1 rings (SSSR count). The van der Waals surface area contributed by atoms with Gasteiger partial charge in [0.15, 0.2) is 0 Å². The summed E-state index contributed by atoms with van der Waals surface area (Å²) in [5, 5.41) is 19.8. The van der Waals surface area contributed by atoms with Crippen molar-refractivity contribution in [3.63, 3.8) is 0 Å². The highest BCUT2D eigenvalue weighted by atomic mass is 32.1. The number of aromatic hydroxyl groups is 1. The molecule has 0 bridgehead atoms. The SMILES string of the molecule is O=[N+]([O-])c1cc(F)cc(C#CCS)c1O. The summed E-state index contributed by atoms with van der Waals surface area (Å²) in [6.07, 6.45) is 0. The number of nitro groups is 1. The van der Waals surface area contributed by atoms with Crippen molar-refractivity contribution in [2.45, 2.75) is 0 Å². The molecule has 0 aliphatic heterocycles. The number of thiol groups is 1. The standard InChI is InChI=1S/C9H6FNO3S/c10-7-4-6(2-1-3-15)9(12)8(5-7)11(13)14/h4-5,12,15H,3H2. The Morgan fingerprint density at radius 3 is 2.80 bits per heavy atom. The summed E-state index contributed by atoms with van der Waals surface area (Å²) in [5.41, 5.74) is -0.811. The first-order valence-electron chi connectivity index (χ1n) is 3.83. The van der Waals surface area contributed by atoms with Crippen molar-refractivity contribution in [2.75, 3.05) is 5.75 Å². The van der Waals surface area contributed by atoms with Crippen LogP contribution in [0.4, 0.5) is 10.1 Å². The molecule has 0 spiro atoms. The van der Waals surface area contributed by atoms with E-state index in [1.807, 2.05) is 0 Å². The smallest absolute Gasteiger partial charge is 0.314 e. The van der Waals surface area contributed by atoms with Gasteiger partial charge in [-0.15, -0.1) is 0 Å². The molecule has 78 valence electrons. The van der Waals surface area contributed by atoms with Gasteiger partial charge in [0.1, 0.15) is 5.82 Å². The number of nitrogens with zero attached hydrogens (tertiary/aromatic N) is 1. The maximum absolute atomic E-state index is 12.9. The van der Waals surface area contributed by atoms with Gasteiger partial charge in [-0.1, -0.05) is 11.8 Å². The number of phenols is 1. The van der Waals surface area contributed by atoms with Gasteiger partial charge in [0.05, 0.1) is 22.3 Å². The molecule has 0 saturated heterocycles. The lowest BCUT2D eigenvalue weighted by atomic mass is 10.1. The molecule has 0 saturated carbocycles. The van der Waals surface area contributed by atoms with Crippen LogP contribution in [-0.2, 0) is 0 Å². The van der Waals surface area contributed by atoms with E-state index in [4.69, 9.17) is 0 Å². The summed E-state index contributed by atoms with van der Waals surface area (Å²) >= 11 is 3.79. The molecule has 0 aromatic heterocycles. The Morgan fingerprint density at radius 2 is 2.27 bits per heavy atom. The predicted molar refractivity (Wildman–Crippen MR) is 55.5 cm³/mol. The van der Waals surface area contributed by atoms with Gasteiger partial charge < -0.3 is 5.11 Å². The van der Waals surface area contributed by atoms with Crippen LogP contribution in [0, 0.1) is 27.8 Å². The minimum absolute atomic E-state index is 0.115. The van der Waals surface area contributed by atoms with Crippen LogP contribution in [0.25, 0.3) is 0 Å². The third-order valence-corrected chi connectivity index (χ3v) is 1.71. The number of hydrogen-bond donors (Lipinski definition) is 2. The summed E-state index contributed by atoms with van der Waals surface area (Å²) in [4.78, 5) is 9.54. The van der Waals surface area contributed by atoms with Gasteiger partial charge in [-0.2, -0.15) is 12.6 Å². The topological polar surface area (TPSA) is 63.4 Å². The molecular weight excluding hydrogens is 221 g/mol. The van der Waals surface area contributed by atoms with Crippen LogP contribution in [0.15, 0.2) is 12.1 Å². The Morgan fingerprint density at radius 1 is 1.60 bits per heavy atom. The molecule has 0 unspecified atom stereocenters. The summed E-state index contributed by atoms with van der Waals surface area (Å²) in [6, 6.07) is 1.57. The molecular formula is C9H6FNO3S. The van der Waals surface area contributed by atoms with Crippen molar-refractivity contribution in [3.05, 3.63) is 33.6 Å². The van der Waals surface area contributed by atoms with E-state index < -0.39 is 22.2 Å². The zero-order valence-electron chi connectivity index (χ0n) is 7.40. The van der Waals surface area contributed by atoms with Gasteiger partial charge in [-0.3, -0.25) is 10.1 Å². The fraction of sp³-hybridized carbons (Fsp3) is 0.111. The molecule has 0 radical (unpaired) electrons. The molecule has 1 aromatic rings. The average molecular weight is 227 g/mol. The number of phenolic OH excluding ortho intramolecular Hbond substituents is 1. The normalized spacial score (nSPS) is 9.20. The van der Waals surface area contributed by atoms with Crippen LogP contribution >= 0.6 is 12.6 Å². The molecule has 6 heteroatoms. The number of hydrogen-bond acceptors (Lipinski definition) is 4. The monoisotopic (exact) mass is 227 g/mol. The van der Waals surface area contributed by atoms with Crippen LogP contribution in [0.5, 0.6) is 5.75 Å². The van der Waals surface area contributed by atoms with E-state index in [9.17, 15) is 19.6 Å². The molecule has 4 nitrogen and oxygen atoms in total. The Labute approximate surface area is 90.3 Å². The van der Waals surface area contributed by atoms with E-state index in [1.165, 1.54) is 0 Å².